The summed E-state index contributed by atoms with van der Waals surface area (Å²) in [6.45, 7) is 1.60. The second kappa shape index (κ2) is 9.98. The van der Waals surface area contributed by atoms with Crippen molar-refractivity contribution in [3.63, 3.8) is 0 Å². The third kappa shape index (κ3) is 6.32. The van der Waals surface area contributed by atoms with E-state index in [0.717, 1.165) is 5.56 Å². The summed E-state index contributed by atoms with van der Waals surface area (Å²) in [7, 11) is -4.08. The Morgan fingerprint density at radius 1 is 1.29 bits per heavy atom. The predicted octanol–water partition coefficient (Wildman–Crippen LogP) is 2.02. The van der Waals surface area contributed by atoms with Crippen LogP contribution in [-0.2, 0) is 25.3 Å². The summed E-state index contributed by atoms with van der Waals surface area (Å²) in [4.78, 5) is 19.6. The maximum absolute atomic E-state index is 12.7. The minimum absolute atomic E-state index is 0.00516. The molecule has 0 aliphatic carbocycles. The molecule has 1 aliphatic heterocycles. The Kier molecular flexibility index (Phi) is 7.36. The van der Waals surface area contributed by atoms with Gasteiger partial charge in [-0.1, -0.05) is 42.1 Å². The Morgan fingerprint density at radius 3 is 2.65 bits per heavy atom. The van der Waals surface area contributed by atoms with Crippen LogP contribution in [0.5, 0.6) is 0 Å². The molecular formula is C19H22N4O6S2. The lowest BCUT2D eigenvalue weighted by Crippen LogP contribution is -2.28. The molecule has 1 aliphatic rings. The van der Waals surface area contributed by atoms with Crippen LogP contribution in [-0.4, -0.2) is 52.7 Å². The second-order valence-electron chi connectivity index (χ2n) is 6.73. The van der Waals surface area contributed by atoms with Gasteiger partial charge in [-0.15, -0.1) is 0 Å². The van der Waals surface area contributed by atoms with Crippen LogP contribution in [0.3, 0.4) is 0 Å². The molecule has 1 aromatic heterocycles. The molecule has 4 N–H and O–H groups in total. The maximum Gasteiger partial charge on any atom is 0.370 e. The number of carbonyl (C=O) groups is 1. The second-order valence-corrected chi connectivity index (χ2v) is 9.49. The van der Waals surface area contributed by atoms with Crippen molar-refractivity contribution in [2.75, 3.05) is 16.6 Å². The van der Waals surface area contributed by atoms with E-state index >= 15 is 0 Å². The van der Waals surface area contributed by atoms with Crippen LogP contribution in [0.25, 0.3) is 0 Å². The van der Waals surface area contributed by atoms with Crippen molar-refractivity contribution in [3.05, 3.63) is 53.8 Å². The number of thioether (sulfide) groups is 1. The Labute approximate surface area is 183 Å². The van der Waals surface area contributed by atoms with Crippen LogP contribution >= 0.6 is 11.8 Å². The summed E-state index contributed by atoms with van der Waals surface area (Å²) in [6.07, 6.45) is 1.12. The van der Waals surface area contributed by atoms with Gasteiger partial charge in [-0.25, -0.2) is 23.2 Å². The van der Waals surface area contributed by atoms with Crippen molar-refractivity contribution in [2.24, 2.45) is 0 Å². The summed E-state index contributed by atoms with van der Waals surface area (Å²) in [5.74, 6) is -0.823. The van der Waals surface area contributed by atoms with E-state index < -0.39 is 27.2 Å². The Balaban J connectivity index is 1.79. The van der Waals surface area contributed by atoms with Gasteiger partial charge < -0.3 is 20.3 Å². The number of ether oxygens (including phenoxy) is 1. The van der Waals surface area contributed by atoms with Crippen molar-refractivity contribution in [3.8, 4) is 0 Å². The van der Waals surface area contributed by atoms with Gasteiger partial charge in [-0.05, 0) is 18.6 Å². The summed E-state index contributed by atoms with van der Waals surface area (Å²) >= 11 is 1.32. The number of hydrogen-bond acceptors (Lipinski definition) is 9. The van der Waals surface area contributed by atoms with Gasteiger partial charge >= 0.3 is 5.97 Å². The average Bonchev–Trinajstić information content (AvgIpc) is 3.24. The summed E-state index contributed by atoms with van der Waals surface area (Å²) < 4.78 is 32.7. The van der Waals surface area contributed by atoms with Crippen LogP contribution in [0.2, 0.25) is 0 Å². The lowest BCUT2D eigenvalue weighted by Gasteiger charge is -2.16. The molecule has 2 aromatic rings. The number of sulfonamides is 1. The minimum Gasteiger partial charge on any atom is -0.475 e. The molecule has 2 heterocycles. The van der Waals surface area contributed by atoms with Gasteiger partial charge in [0.25, 0.3) is 10.0 Å². The molecular weight excluding hydrogens is 444 g/mol. The molecule has 0 spiro atoms. The first kappa shape index (κ1) is 22.8. The van der Waals surface area contributed by atoms with Gasteiger partial charge in [0, 0.05) is 24.3 Å². The smallest absolute Gasteiger partial charge is 0.370 e. The monoisotopic (exact) mass is 466 g/mol. The zero-order valence-corrected chi connectivity index (χ0v) is 18.2. The fraction of sp³-hybridized carbons (Fsp3) is 0.316. The minimum atomic E-state index is -4.08. The topological polar surface area (TPSA) is 151 Å². The Hall–Kier alpha value is -2.83. The molecule has 0 radical (unpaired) electrons. The number of nitrogens with one attached hydrogen (secondary N) is 2. The fourth-order valence-electron chi connectivity index (χ4n) is 2.62. The molecule has 2 atom stereocenters. The van der Waals surface area contributed by atoms with Gasteiger partial charge in [0.2, 0.25) is 11.2 Å². The maximum atomic E-state index is 12.7. The van der Waals surface area contributed by atoms with Crippen molar-refractivity contribution < 1.29 is 28.2 Å². The predicted molar refractivity (Wildman–Crippen MR) is 116 cm³/mol. The van der Waals surface area contributed by atoms with Crippen LogP contribution in [0, 0.1) is 0 Å². The molecule has 0 saturated carbocycles. The molecule has 166 valence electrons. The van der Waals surface area contributed by atoms with Crippen molar-refractivity contribution in [1.29, 1.82) is 0 Å². The van der Waals surface area contributed by atoms with E-state index in [0.29, 0.717) is 16.7 Å². The molecule has 0 amide bonds. The SMILES string of the molecule is C[C@H](CO)Nc1cc(NS(=O)(=O)C2CC=C(C(=O)O)O2)nc(SCc2ccccc2)n1. The molecule has 0 bridgehead atoms. The van der Waals surface area contributed by atoms with E-state index in [4.69, 9.17) is 9.84 Å². The summed E-state index contributed by atoms with van der Waals surface area (Å²) in [5.41, 5.74) is -0.325. The highest BCUT2D eigenvalue weighted by molar-refractivity contribution is 7.98. The molecule has 12 heteroatoms. The number of aliphatic hydroxyl groups excluding tert-OH is 1. The fourth-order valence-corrected chi connectivity index (χ4v) is 4.54. The van der Waals surface area contributed by atoms with Gasteiger partial charge in [-0.2, -0.15) is 0 Å². The first-order chi connectivity index (χ1) is 14.8. The number of rotatable bonds is 10. The third-order valence-corrected chi connectivity index (χ3v) is 6.54. The number of aromatic nitrogens is 2. The molecule has 0 saturated heterocycles. The van der Waals surface area contributed by atoms with Gasteiger partial charge in [-0.3, -0.25) is 4.72 Å². The first-order valence-corrected chi connectivity index (χ1v) is 11.8. The zero-order valence-electron chi connectivity index (χ0n) is 16.6. The summed E-state index contributed by atoms with van der Waals surface area (Å²) in [5, 5.41) is 21.6. The number of nitrogens with zero attached hydrogens (tertiary/aromatic N) is 2. The van der Waals surface area contributed by atoms with E-state index in [2.05, 4.69) is 20.0 Å². The van der Waals surface area contributed by atoms with Crippen LogP contribution in [0.1, 0.15) is 18.9 Å². The number of carboxylic acids is 1. The largest absolute Gasteiger partial charge is 0.475 e. The lowest BCUT2D eigenvalue weighted by atomic mass is 10.2. The number of carboxylic acid groups (broad SMARTS) is 1. The normalized spacial score (nSPS) is 16.8. The van der Waals surface area contributed by atoms with Crippen molar-refractivity contribution >= 4 is 39.4 Å². The Morgan fingerprint density at radius 2 is 2.00 bits per heavy atom. The number of benzene rings is 1. The Bertz CT molecular complexity index is 1060. The van der Waals surface area contributed by atoms with Crippen LogP contribution < -0.4 is 10.0 Å². The quantitative estimate of drug-likeness (QED) is 0.302. The zero-order chi connectivity index (χ0) is 22.4. The lowest BCUT2D eigenvalue weighted by molar-refractivity contribution is -0.136. The van der Waals surface area contributed by atoms with Crippen molar-refractivity contribution in [1.82, 2.24) is 9.97 Å². The average molecular weight is 467 g/mol. The summed E-state index contributed by atoms with van der Waals surface area (Å²) in [6, 6.07) is 10.7. The van der Waals surface area contributed by atoms with E-state index in [1.54, 1.807) is 6.92 Å². The number of hydrogen-bond donors (Lipinski definition) is 4. The molecule has 10 nitrogen and oxygen atoms in total. The first-order valence-electron chi connectivity index (χ1n) is 9.32. The van der Waals surface area contributed by atoms with E-state index in [-0.39, 0.29) is 24.9 Å². The number of anilines is 2. The van der Waals surface area contributed by atoms with Crippen molar-refractivity contribution in [2.45, 2.75) is 35.7 Å². The standard InChI is InChI=1S/C19H22N4O6S2/c1-12(10-24)20-15-9-16(22-19(21-15)30-11-13-5-3-2-4-6-13)23-31(27,28)17-8-7-14(29-17)18(25)26/h2-7,9,12,17,24H,8,10-11H2,1H3,(H,25,26)(H2,20,21,22,23)/t12-,17?/m1/s1. The molecule has 1 aromatic carbocycles. The van der Waals surface area contributed by atoms with E-state index in [1.165, 1.54) is 23.9 Å². The highest BCUT2D eigenvalue weighted by Crippen LogP contribution is 2.26. The third-order valence-electron chi connectivity index (χ3n) is 4.14. The molecule has 31 heavy (non-hydrogen) atoms. The van der Waals surface area contributed by atoms with Crippen LogP contribution in [0.15, 0.2) is 53.4 Å². The van der Waals surface area contributed by atoms with Crippen LogP contribution in [0.4, 0.5) is 11.6 Å². The highest BCUT2D eigenvalue weighted by atomic mass is 32.2. The van der Waals surface area contributed by atoms with Gasteiger partial charge in [0.05, 0.1) is 6.61 Å². The van der Waals surface area contributed by atoms with E-state index in [9.17, 15) is 18.3 Å². The number of aliphatic hydroxyl groups is 1. The van der Waals surface area contributed by atoms with E-state index in [1.807, 2.05) is 30.3 Å². The molecule has 3 rings (SSSR count). The van der Waals surface area contributed by atoms with Gasteiger partial charge in [0.1, 0.15) is 11.6 Å². The number of aliphatic carboxylic acids is 1. The molecule has 0 fully saturated rings. The molecule has 1 unspecified atom stereocenters. The highest BCUT2D eigenvalue weighted by Gasteiger charge is 2.34. The van der Waals surface area contributed by atoms with Gasteiger partial charge in [0.15, 0.2) is 5.16 Å².